The smallest absolute Gasteiger partial charge is 0.318 e. The molecule has 0 aliphatic carbocycles. The Morgan fingerprint density at radius 1 is 1.40 bits per heavy atom. The van der Waals surface area contributed by atoms with Crippen molar-refractivity contribution in [2.45, 2.75) is 19.4 Å². The van der Waals surface area contributed by atoms with E-state index in [1.807, 2.05) is 4.90 Å². The predicted molar refractivity (Wildman–Crippen MR) is 54.2 cm³/mol. The molecule has 1 aromatic heterocycles. The summed E-state index contributed by atoms with van der Waals surface area (Å²) in [7, 11) is 0. The molecule has 15 heavy (non-hydrogen) atoms. The lowest BCUT2D eigenvalue weighted by molar-refractivity contribution is 0.201. The van der Waals surface area contributed by atoms with Crippen LogP contribution in [0.1, 0.15) is 18.7 Å². The number of aliphatic hydroxyl groups is 1. The number of hydrogen-bond donors (Lipinski definition) is 2. The molecule has 0 saturated carbocycles. The van der Waals surface area contributed by atoms with E-state index in [2.05, 4.69) is 10.2 Å². The third-order valence-corrected chi connectivity index (χ3v) is 2.77. The predicted octanol–water partition coefficient (Wildman–Crippen LogP) is -0.263. The van der Waals surface area contributed by atoms with Gasteiger partial charge in [0.25, 0.3) is 0 Å². The fraction of sp³-hybridized carbons (Fsp3) is 0.778. The maximum Gasteiger partial charge on any atom is 0.318 e. The van der Waals surface area contributed by atoms with E-state index in [1.165, 1.54) is 0 Å². The van der Waals surface area contributed by atoms with Gasteiger partial charge in [0, 0.05) is 19.7 Å². The highest BCUT2D eigenvalue weighted by atomic mass is 16.4. The third kappa shape index (κ3) is 2.27. The van der Waals surface area contributed by atoms with Crippen LogP contribution < -0.4 is 10.6 Å². The number of nitrogens with two attached hydrogens (primary N) is 1. The lowest BCUT2D eigenvalue weighted by atomic mass is 9.98. The summed E-state index contributed by atoms with van der Waals surface area (Å²) in [4.78, 5) is 2.04. The highest BCUT2D eigenvalue weighted by Gasteiger charge is 2.22. The van der Waals surface area contributed by atoms with E-state index in [9.17, 15) is 0 Å². The summed E-state index contributed by atoms with van der Waals surface area (Å²) in [6.07, 6.45) is 1.94. The Hall–Kier alpha value is -1.14. The molecular weight excluding hydrogens is 196 g/mol. The summed E-state index contributed by atoms with van der Waals surface area (Å²) in [6.45, 7) is 2.26. The zero-order valence-electron chi connectivity index (χ0n) is 8.59. The van der Waals surface area contributed by atoms with E-state index in [0.717, 1.165) is 25.9 Å². The van der Waals surface area contributed by atoms with Crippen molar-refractivity contribution in [3.8, 4) is 0 Å². The first-order chi connectivity index (χ1) is 7.33. The van der Waals surface area contributed by atoms with E-state index >= 15 is 0 Å². The number of nitrogens with zero attached hydrogens (tertiary/aromatic N) is 3. The molecule has 0 aromatic carbocycles. The Balaban J connectivity index is 1.95. The van der Waals surface area contributed by atoms with E-state index < -0.39 is 0 Å². The molecule has 6 nitrogen and oxygen atoms in total. The van der Waals surface area contributed by atoms with Gasteiger partial charge in [0.1, 0.15) is 0 Å². The average Bonchev–Trinajstić information content (AvgIpc) is 2.78. The topological polar surface area (TPSA) is 88.4 Å². The van der Waals surface area contributed by atoms with Gasteiger partial charge in [0.05, 0.1) is 6.54 Å². The van der Waals surface area contributed by atoms with Crippen LogP contribution in [-0.2, 0) is 6.54 Å². The number of aromatic nitrogens is 2. The van der Waals surface area contributed by atoms with Crippen LogP contribution in [0.5, 0.6) is 0 Å². The van der Waals surface area contributed by atoms with Gasteiger partial charge in [-0.25, -0.2) is 0 Å². The second-order valence-electron chi connectivity index (χ2n) is 3.80. The Bertz CT molecular complexity index is 307. The zero-order chi connectivity index (χ0) is 10.7. The quantitative estimate of drug-likeness (QED) is 0.717. The molecule has 1 aliphatic heterocycles. The minimum absolute atomic E-state index is 0.270. The first kappa shape index (κ1) is 10.4. The highest BCUT2D eigenvalue weighted by molar-refractivity contribution is 5.24. The highest BCUT2D eigenvalue weighted by Crippen LogP contribution is 2.21. The van der Waals surface area contributed by atoms with Crippen molar-refractivity contribution in [2.24, 2.45) is 11.7 Å². The van der Waals surface area contributed by atoms with E-state index in [0.29, 0.717) is 17.8 Å². The Kier molecular flexibility index (Phi) is 3.17. The Morgan fingerprint density at radius 3 is 2.67 bits per heavy atom. The van der Waals surface area contributed by atoms with Crippen LogP contribution in [0, 0.1) is 5.92 Å². The molecule has 6 heteroatoms. The molecule has 0 unspecified atom stereocenters. The van der Waals surface area contributed by atoms with Gasteiger partial charge in [-0.1, -0.05) is 5.10 Å². The number of rotatable bonds is 3. The molecule has 1 fully saturated rings. The van der Waals surface area contributed by atoms with Gasteiger partial charge in [-0.2, -0.15) is 0 Å². The SMILES string of the molecule is NCc1nnc(N2CCC(CO)CC2)o1. The largest absolute Gasteiger partial charge is 0.407 e. The van der Waals surface area contributed by atoms with Crippen LogP contribution in [-0.4, -0.2) is 35.0 Å². The van der Waals surface area contributed by atoms with Crippen molar-refractivity contribution >= 4 is 6.01 Å². The molecule has 0 spiro atoms. The summed E-state index contributed by atoms with van der Waals surface area (Å²) >= 11 is 0. The van der Waals surface area contributed by atoms with Crippen LogP contribution in [0.2, 0.25) is 0 Å². The number of piperidine rings is 1. The lowest BCUT2D eigenvalue weighted by Crippen LogP contribution is -2.34. The summed E-state index contributed by atoms with van der Waals surface area (Å²) in [5, 5.41) is 16.7. The Labute approximate surface area is 88.1 Å². The average molecular weight is 212 g/mol. The molecule has 1 saturated heterocycles. The molecule has 0 radical (unpaired) electrons. The minimum atomic E-state index is 0.270. The first-order valence-corrected chi connectivity index (χ1v) is 5.21. The van der Waals surface area contributed by atoms with Crippen molar-refractivity contribution < 1.29 is 9.52 Å². The normalized spacial score (nSPS) is 18.4. The lowest BCUT2D eigenvalue weighted by Gasteiger charge is -2.29. The third-order valence-electron chi connectivity index (χ3n) is 2.77. The fourth-order valence-electron chi connectivity index (χ4n) is 1.76. The summed E-state index contributed by atoms with van der Waals surface area (Å²) < 4.78 is 5.36. The molecule has 84 valence electrons. The minimum Gasteiger partial charge on any atom is -0.407 e. The van der Waals surface area contributed by atoms with E-state index in [1.54, 1.807) is 0 Å². The van der Waals surface area contributed by atoms with Crippen molar-refractivity contribution in [1.29, 1.82) is 0 Å². The van der Waals surface area contributed by atoms with Crippen LogP contribution in [0.15, 0.2) is 4.42 Å². The monoisotopic (exact) mass is 212 g/mol. The van der Waals surface area contributed by atoms with Gasteiger partial charge in [-0.05, 0) is 18.8 Å². The molecule has 1 aliphatic rings. The van der Waals surface area contributed by atoms with E-state index in [-0.39, 0.29) is 13.2 Å². The van der Waals surface area contributed by atoms with Crippen molar-refractivity contribution in [1.82, 2.24) is 10.2 Å². The van der Waals surface area contributed by atoms with Crippen molar-refractivity contribution in [3.05, 3.63) is 5.89 Å². The van der Waals surface area contributed by atoms with Crippen LogP contribution in [0.25, 0.3) is 0 Å². The maximum atomic E-state index is 9.00. The molecular formula is C9H16N4O2. The molecule has 0 bridgehead atoms. The molecule has 2 heterocycles. The molecule has 0 amide bonds. The first-order valence-electron chi connectivity index (χ1n) is 5.21. The van der Waals surface area contributed by atoms with E-state index in [4.69, 9.17) is 15.3 Å². The second kappa shape index (κ2) is 4.59. The van der Waals surface area contributed by atoms with Gasteiger partial charge < -0.3 is 20.2 Å². The van der Waals surface area contributed by atoms with Crippen LogP contribution in [0.3, 0.4) is 0 Å². The standard InChI is InChI=1S/C9H16N4O2/c10-5-8-11-12-9(15-8)13-3-1-7(6-14)2-4-13/h7,14H,1-6,10H2. The van der Waals surface area contributed by atoms with Crippen molar-refractivity contribution in [3.63, 3.8) is 0 Å². The Morgan fingerprint density at radius 2 is 2.13 bits per heavy atom. The molecule has 2 rings (SSSR count). The van der Waals surface area contributed by atoms with Gasteiger partial charge in [-0.15, -0.1) is 5.10 Å². The van der Waals surface area contributed by atoms with Gasteiger partial charge in [0.2, 0.25) is 5.89 Å². The number of aliphatic hydroxyl groups excluding tert-OH is 1. The van der Waals surface area contributed by atoms with Crippen molar-refractivity contribution in [2.75, 3.05) is 24.6 Å². The molecule has 3 N–H and O–H groups in total. The maximum absolute atomic E-state index is 9.00. The number of anilines is 1. The summed E-state index contributed by atoms with van der Waals surface area (Å²) in [5.74, 6) is 0.882. The van der Waals surface area contributed by atoms with Crippen LogP contribution in [0.4, 0.5) is 6.01 Å². The van der Waals surface area contributed by atoms with Gasteiger partial charge >= 0.3 is 6.01 Å². The van der Waals surface area contributed by atoms with Gasteiger partial charge in [0.15, 0.2) is 0 Å². The fourth-order valence-corrected chi connectivity index (χ4v) is 1.76. The molecule has 0 atom stereocenters. The van der Waals surface area contributed by atoms with Gasteiger partial charge in [-0.3, -0.25) is 0 Å². The zero-order valence-corrected chi connectivity index (χ0v) is 8.59. The summed E-state index contributed by atoms with van der Waals surface area (Å²) in [5.41, 5.74) is 5.39. The van der Waals surface area contributed by atoms with Crippen LogP contribution >= 0.6 is 0 Å². The summed E-state index contributed by atoms with van der Waals surface area (Å²) in [6, 6.07) is 0.548. The second-order valence-corrected chi connectivity index (χ2v) is 3.80. The number of hydrogen-bond acceptors (Lipinski definition) is 6. The molecule has 1 aromatic rings.